The highest BCUT2D eigenvalue weighted by molar-refractivity contribution is 6.05. The number of hydrogen-bond acceptors (Lipinski definition) is 10. The Morgan fingerprint density at radius 1 is 0.659 bits per heavy atom. The lowest BCUT2D eigenvalue weighted by molar-refractivity contribution is 0.0593. The zero-order chi connectivity index (χ0) is 29.2. The second-order valence-electron chi connectivity index (χ2n) is 8.18. The molecule has 0 aliphatic rings. The summed E-state index contributed by atoms with van der Waals surface area (Å²) in [5, 5.41) is 7.57. The van der Waals surface area contributed by atoms with Crippen molar-refractivity contribution in [3.63, 3.8) is 0 Å². The monoisotopic (exact) mass is 556 g/mol. The first-order valence-electron chi connectivity index (χ1n) is 12.0. The third-order valence-electron chi connectivity index (χ3n) is 5.32. The minimum absolute atomic E-state index is 0.0153. The molecule has 41 heavy (non-hydrogen) atoms. The normalized spacial score (nSPS) is 10.2. The minimum atomic E-state index is -0.733. The van der Waals surface area contributed by atoms with E-state index in [1.54, 1.807) is 0 Å². The molecule has 0 fully saturated rings. The second-order valence-corrected chi connectivity index (χ2v) is 8.18. The first kappa shape index (κ1) is 28.2. The third kappa shape index (κ3) is 7.83. The molecule has 3 heterocycles. The molecule has 3 amide bonds. The number of rotatable bonds is 9. The topological polar surface area (TPSA) is 171 Å². The van der Waals surface area contributed by atoms with Crippen molar-refractivity contribution in [1.29, 1.82) is 0 Å². The van der Waals surface area contributed by atoms with Crippen molar-refractivity contribution < 1.29 is 33.4 Å². The lowest BCUT2D eigenvalue weighted by atomic mass is 10.2. The molecular formula is C28H24N6O7. The Bertz CT molecular complexity index is 1580. The van der Waals surface area contributed by atoms with Crippen LogP contribution in [0.15, 0.2) is 78.9 Å². The van der Waals surface area contributed by atoms with E-state index in [-0.39, 0.29) is 46.9 Å². The number of esters is 1. The predicted octanol–water partition coefficient (Wildman–Crippen LogP) is 3.92. The van der Waals surface area contributed by atoms with Gasteiger partial charge in [-0.1, -0.05) is 42.5 Å². The van der Waals surface area contributed by atoms with E-state index in [4.69, 9.17) is 9.47 Å². The van der Waals surface area contributed by atoms with Crippen molar-refractivity contribution in [2.24, 2.45) is 0 Å². The first-order chi connectivity index (χ1) is 19.8. The maximum atomic E-state index is 12.8. The average Bonchev–Trinajstić information content (AvgIpc) is 3.00. The van der Waals surface area contributed by atoms with Gasteiger partial charge >= 0.3 is 12.1 Å². The zero-order valence-corrected chi connectivity index (χ0v) is 21.9. The molecule has 208 valence electrons. The van der Waals surface area contributed by atoms with Gasteiger partial charge in [-0.05, 0) is 29.8 Å². The Balaban J connectivity index is 1.39. The standard InChI is InChI=1S/C28H24N6O7/c1-39-18-14-21(27(37)40-2)31-24(15-18)33-26(36)20-10-6-12-22(29-20)32-25(35)19-11-7-13-23(30-19)34-28(38)41-16-17-8-4-3-5-9-17/h3-15H,16H2,1-2H3,(H,29,32,35)(H,30,34,38)(H,31,33,36). The van der Waals surface area contributed by atoms with Crippen LogP contribution >= 0.6 is 0 Å². The van der Waals surface area contributed by atoms with Gasteiger partial charge in [-0.25, -0.2) is 24.5 Å². The number of nitrogens with one attached hydrogen (secondary N) is 3. The number of anilines is 3. The highest BCUT2D eigenvalue weighted by Crippen LogP contribution is 2.19. The predicted molar refractivity (Wildman–Crippen MR) is 147 cm³/mol. The summed E-state index contributed by atoms with van der Waals surface area (Å²) in [7, 11) is 2.60. The molecule has 3 N–H and O–H groups in total. The van der Waals surface area contributed by atoms with Gasteiger partial charge in [0, 0.05) is 12.1 Å². The van der Waals surface area contributed by atoms with Crippen LogP contribution < -0.4 is 20.7 Å². The van der Waals surface area contributed by atoms with Crippen LogP contribution in [0, 0.1) is 0 Å². The van der Waals surface area contributed by atoms with Crippen LogP contribution in [0.4, 0.5) is 22.2 Å². The molecular weight excluding hydrogens is 532 g/mol. The van der Waals surface area contributed by atoms with Gasteiger partial charge in [0.1, 0.15) is 41.2 Å². The number of aromatic nitrogens is 3. The highest BCUT2D eigenvalue weighted by atomic mass is 16.5. The van der Waals surface area contributed by atoms with Crippen molar-refractivity contribution >= 4 is 41.3 Å². The summed E-state index contributed by atoms with van der Waals surface area (Å²) >= 11 is 0. The molecule has 0 aliphatic carbocycles. The smallest absolute Gasteiger partial charge is 0.413 e. The van der Waals surface area contributed by atoms with Gasteiger partial charge in [0.2, 0.25) is 0 Å². The SMILES string of the molecule is COC(=O)c1cc(OC)cc(NC(=O)c2cccc(NC(=O)c3cccc(NC(=O)OCc4ccccc4)n3)n2)n1. The van der Waals surface area contributed by atoms with E-state index in [1.165, 1.54) is 62.8 Å². The largest absolute Gasteiger partial charge is 0.497 e. The number of nitrogens with zero attached hydrogens (tertiary/aromatic N) is 3. The molecule has 0 saturated heterocycles. The van der Waals surface area contributed by atoms with Crippen LogP contribution in [0.25, 0.3) is 0 Å². The van der Waals surface area contributed by atoms with Crippen LogP contribution in [0.2, 0.25) is 0 Å². The Kier molecular flexibility index (Phi) is 9.13. The molecule has 0 spiro atoms. The zero-order valence-electron chi connectivity index (χ0n) is 21.9. The number of methoxy groups -OCH3 is 2. The molecule has 13 nitrogen and oxygen atoms in total. The van der Waals surface area contributed by atoms with Gasteiger partial charge in [0.05, 0.1) is 14.2 Å². The van der Waals surface area contributed by atoms with Crippen LogP contribution in [0.5, 0.6) is 5.75 Å². The van der Waals surface area contributed by atoms with Gasteiger partial charge in [-0.2, -0.15) is 0 Å². The van der Waals surface area contributed by atoms with E-state index in [2.05, 4.69) is 35.6 Å². The van der Waals surface area contributed by atoms with Gasteiger partial charge in [0.25, 0.3) is 11.8 Å². The number of amides is 3. The fourth-order valence-corrected chi connectivity index (χ4v) is 3.38. The number of hydrogen-bond donors (Lipinski definition) is 3. The van der Waals surface area contributed by atoms with Crippen molar-refractivity contribution in [2.45, 2.75) is 6.61 Å². The minimum Gasteiger partial charge on any atom is -0.497 e. The van der Waals surface area contributed by atoms with E-state index in [0.717, 1.165) is 5.56 Å². The fourth-order valence-electron chi connectivity index (χ4n) is 3.38. The molecule has 0 unspecified atom stereocenters. The van der Waals surface area contributed by atoms with E-state index < -0.39 is 23.9 Å². The third-order valence-corrected chi connectivity index (χ3v) is 5.32. The Labute approximate surface area is 233 Å². The van der Waals surface area contributed by atoms with Crippen molar-refractivity contribution in [3.8, 4) is 5.75 Å². The lowest BCUT2D eigenvalue weighted by Crippen LogP contribution is -2.19. The molecule has 4 rings (SSSR count). The maximum absolute atomic E-state index is 12.8. The summed E-state index contributed by atoms with van der Waals surface area (Å²) in [6.45, 7) is 0.0722. The van der Waals surface area contributed by atoms with E-state index in [1.807, 2.05) is 30.3 Å². The van der Waals surface area contributed by atoms with Crippen LogP contribution in [-0.4, -0.2) is 53.0 Å². The number of ether oxygens (including phenoxy) is 3. The van der Waals surface area contributed by atoms with Crippen LogP contribution in [0.1, 0.15) is 37.0 Å². The molecule has 3 aromatic heterocycles. The molecule has 0 bridgehead atoms. The summed E-state index contributed by atoms with van der Waals surface area (Å²) in [6, 6.07) is 20.8. The average molecular weight is 557 g/mol. The molecule has 4 aromatic rings. The summed E-state index contributed by atoms with van der Waals surface area (Å²) in [5.41, 5.74) is 0.692. The lowest BCUT2D eigenvalue weighted by Gasteiger charge is -2.10. The van der Waals surface area contributed by atoms with Crippen molar-refractivity contribution in [2.75, 3.05) is 30.2 Å². The summed E-state index contributed by atoms with van der Waals surface area (Å²) < 4.78 is 15.0. The maximum Gasteiger partial charge on any atom is 0.413 e. The Hall–Kier alpha value is -5.85. The Morgan fingerprint density at radius 2 is 1.24 bits per heavy atom. The second kappa shape index (κ2) is 13.3. The van der Waals surface area contributed by atoms with E-state index >= 15 is 0 Å². The molecule has 0 saturated carbocycles. The van der Waals surface area contributed by atoms with Gasteiger partial charge in [-0.3, -0.25) is 14.9 Å². The number of carbonyl (C=O) groups is 4. The van der Waals surface area contributed by atoms with Crippen LogP contribution in [-0.2, 0) is 16.1 Å². The summed E-state index contributed by atoms with van der Waals surface area (Å²) in [6.07, 6.45) is -0.733. The van der Waals surface area contributed by atoms with Crippen molar-refractivity contribution in [3.05, 3.63) is 102 Å². The first-order valence-corrected chi connectivity index (χ1v) is 12.0. The van der Waals surface area contributed by atoms with E-state index in [9.17, 15) is 19.2 Å². The van der Waals surface area contributed by atoms with Gasteiger partial charge < -0.3 is 24.8 Å². The number of benzene rings is 1. The summed E-state index contributed by atoms with van der Waals surface area (Å²) in [4.78, 5) is 62.0. The van der Waals surface area contributed by atoms with Crippen LogP contribution in [0.3, 0.4) is 0 Å². The molecule has 0 radical (unpaired) electrons. The number of pyridine rings is 3. The van der Waals surface area contributed by atoms with E-state index in [0.29, 0.717) is 0 Å². The van der Waals surface area contributed by atoms with Gasteiger partial charge in [-0.15, -0.1) is 0 Å². The molecule has 1 aromatic carbocycles. The highest BCUT2D eigenvalue weighted by Gasteiger charge is 2.16. The molecule has 13 heteroatoms. The quantitative estimate of drug-likeness (QED) is 0.257. The van der Waals surface area contributed by atoms with Gasteiger partial charge in [0.15, 0.2) is 5.69 Å². The summed E-state index contributed by atoms with van der Waals surface area (Å²) in [5.74, 6) is -1.52. The van der Waals surface area contributed by atoms with Crippen molar-refractivity contribution in [1.82, 2.24) is 15.0 Å². The number of carbonyl (C=O) groups excluding carboxylic acids is 4. The Morgan fingerprint density at radius 3 is 1.85 bits per heavy atom. The molecule has 0 atom stereocenters. The fraction of sp³-hybridized carbons (Fsp3) is 0.107. The molecule has 0 aliphatic heterocycles.